The van der Waals surface area contributed by atoms with E-state index in [9.17, 15) is 0 Å². The van der Waals surface area contributed by atoms with Gasteiger partial charge in [0.1, 0.15) is 6.23 Å². The third-order valence-electron chi connectivity index (χ3n) is 1.62. The van der Waals surface area contributed by atoms with Crippen molar-refractivity contribution in [2.45, 2.75) is 13.2 Å². The molecule has 0 heterocycles. The van der Waals surface area contributed by atoms with Crippen LogP contribution in [-0.4, -0.2) is 57.4 Å². The molecule has 0 radical (unpaired) electrons. The summed E-state index contributed by atoms with van der Waals surface area (Å²) in [6, 6.07) is 0. The number of nitrogens with zero attached hydrogens (tertiary/aromatic N) is 2. The molecule has 1 atom stereocenters. The zero-order chi connectivity index (χ0) is 8.85. The van der Waals surface area contributed by atoms with Crippen LogP contribution < -0.4 is 0 Å². The zero-order valence-electron chi connectivity index (χ0n) is 8.29. The highest BCUT2D eigenvalue weighted by Crippen LogP contribution is 1.93. The first-order valence-electron chi connectivity index (χ1n) is 3.97. The lowest BCUT2D eigenvalue weighted by Gasteiger charge is -2.21. The van der Waals surface area contributed by atoms with Crippen molar-refractivity contribution >= 4 is 0 Å². The average molecular weight is 160 g/mol. The molecular weight excluding hydrogens is 140 g/mol. The van der Waals surface area contributed by atoms with Gasteiger partial charge in [-0.15, -0.1) is 0 Å². The lowest BCUT2D eigenvalue weighted by Crippen LogP contribution is -2.30. The standard InChI is InChI=1S/C8H20N2O/c1-8(10(4)5)11-7-6-9(2)3/h8H,6-7H2,1-5H3. The van der Waals surface area contributed by atoms with Crippen LogP contribution in [-0.2, 0) is 4.74 Å². The van der Waals surface area contributed by atoms with Crippen LogP contribution in [0.15, 0.2) is 0 Å². The molecule has 0 aromatic carbocycles. The fourth-order valence-corrected chi connectivity index (χ4v) is 0.555. The molecular formula is C8H20N2O. The van der Waals surface area contributed by atoms with Gasteiger partial charge in [0.05, 0.1) is 6.61 Å². The fraction of sp³-hybridized carbons (Fsp3) is 1.00. The van der Waals surface area contributed by atoms with E-state index in [1.807, 2.05) is 28.2 Å². The van der Waals surface area contributed by atoms with Crippen molar-refractivity contribution in [1.29, 1.82) is 0 Å². The van der Waals surface area contributed by atoms with E-state index >= 15 is 0 Å². The molecule has 11 heavy (non-hydrogen) atoms. The topological polar surface area (TPSA) is 15.7 Å². The molecule has 0 aromatic rings. The van der Waals surface area contributed by atoms with Crippen LogP contribution in [0.1, 0.15) is 6.92 Å². The van der Waals surface area contributed by atoms with E-state index in [4.69, 9.17) is 4.74 Å². The van der Waals surface area contributed by atoms with Crippen molar-refractivity contribution in [2.75, 3.05) is 41.3 Å². The lowest BCUT2D eigenvalue weighted by atomic mass is 10.5. The van der Waals surface area contributed by atoms with Crippen molar-refractivity contribution in [2.24, 2.45) is 0 Å². The van der Waals surface area contributed by atoms with Gasteiger partial charge < -0.3 is 9.64 Å². The molecule has 0 spiro atoms. The SMILES string of the molecule is CC(OCCN(C)C)N(C)C. The van der Waals surface area contributed by atoms with E-state index in [0.29, 0.717) is 0 Å². The molecule has 0 fully saturated rings. The molecule has 0 aromatic heterocycles. The molecule has 0 amide bonds. The Balaban J connectivity index is 3.24. The van der Waals surface area contributed by atoms with Gasteiger partial charge in [-0.05, 0) is 35.1 Å². The first kappa shape index (κ1) is 10.9. The quantitative estimate of drug-likeness (QED) is 0.544. The van der Waals surface area contributed by atoms with Crippen molar-refractivity contribution in [3.05, 3.63) is 0 Å². The van der Waals surface area contributed by atoms with Crippen LogP contribution >= 0.6 is 0 Å². The maximum atomic E-state index is 5.50. The lowest BCUT2D eigenvalue weighted by molar-refractivity contribution is -0.0270. The predicted molar refractivity (Wildman–Crippen MR) is 47.7 cm³/mol. The second kappa shape index (κ2) is 5.52. The minimum atomic E-state index is 0.218. The number of hydrogen-bond donors (Lipinski definition) is 0. The van der Waals surface area contributed by atoms with Crippen LogP contribution in [0.5, 0.6) is 0 Å². The first-order chi connectivity index (χ1) is 5.04. The molecule has 1 unspecified atom stereocenters. The molecule has 0 aliphatic carbocycles. The van der Waals surface area contributed by atoms with Crippen LogP contribution in [0, 0.1) is 0 Å². The molecule has 0 saturated carbocycles. The van der Waals surface area contributed by atoms with E-state index < -0.39 is 0 Å². The molecule has 0 aliphatic rings. The molecule has 3 heteroatoms. The van der Waals surface area contributed by atoms with E-state index in [1.165, 1.54) is 0 Å². The Morgan fingerprint density at radius 2 is 1.73 bits per heavy atom. The van der Waals surface area contributed by atoms with Gasteiger partial charge in [0.2, 0.25) is 0 Å². The van der Waals surface area contributed by atoms with Gasteiger partial charge >= 0.3 is 0 Å². The zero-order valence-corrected chi connectivity index (χ0v) is 8.29. The number of likely N-dealkylation sites (N-methyl/N-ethyl adjacent to an activating group) is 1. The summed E-state index contributed by atoms with van der Waals surface area (Å²) >= 11 is 0. The minimum absolute atomic E-state index is 0.218. The summed E-state index contributed by atoms with van der Waals surface area (Å²) < 4.78 is 5.50. The number of hydrogen-bond acceptors (Lipinski definition) is 3. The summed E-state index contributed by atoms with van der Waals surface area (Å²) in [6.45, 7) is 3.83. The van der Waals surface area contributed by atoms with E-state index in [1.54, 1.807) is 0 Å². The summed E-state index contributed by atoms with van der Waals surface area (Å²) in [5.41, 5.74) is 0. The summed E-state index contributed by atoms with van der Waals surface area (Å²) in [7, 11) is 8.12. The molecule has 0 rings (SSSR count). The van der Waals surface area contributed by atoms with Crippen molar-refractivity contribution < 1.29 is 4.74 Å². The average Bonchev–Trinajstić information content (AvgIpc) is 1.86. The summed E-state index contributed by atoms with van der Waals surface area (Å²) in [5, 5.41) is 0. The summed E-state index contributed by atoms with van der Waals surface area (Å²) in [5.74, 6) is 0. The highest BCUT2D eigenvalue weighted by atomic mass is 16.5. The molecule has 0 bridgehead atoms. The Labute approximate surface area is 69.9 Å². The molecule has 68 valence electrons. The normalized spacial score (nSPS) is 14.5. The van der Waals surface area contributed by atoms with Crippen LogP contribution in [0.2, 0.25) is 0 Å². The Morgan fingerprint density at radius 3 is 2.09 bits per heavy atom. The van der Waals surface area contributed by atoms with Crippen LogP contribution in [0.25, 0.3) is 0 Å². The maximum absolute atomic E-state index is 5.50. The van der Waals surface area contributed by atoms with Crippen molar-refractivity contribution in [3.8, 4) is 0 Å². The van der Waals surface area contributed by atoms with Gasteiger partial charge in [-0.1, -0.05) is 0 Å². The van der Waals surface area contributed by atoms with Crippen molar-refractivity contribution in [3.63, 3.8) is 0 Å². The Hall–Kier alpha value is -0.120. The van der Waals surface area contributed by atoms with Crippen LogP contribution in [0.3, 0.4) is 0 Å². The Kier molecular flexibility index (Phi) is 5.46. The smallest absolute Gasteiger partial charge is 0.107 e. The molecule has 0 aliphatic heterocycles. The molecule has 3 nitrogen and oxygen atoms in total. The second-order valence-electron chi connectivity index (χ2n) is 3.24. The van der Waals surface area contributed by atoms with E-state index in [0.717, 1.165) is 13.2 Å². The fourth-order valence-electron chi connectivity index (χ4n) is 0.555. The molecule has 0 saturated heterocycles. The van der Waals surface area contributed by atoms with Gasteiger partial charge in [-0.2, -0.15) is 0 Å². The summed E-state index contributed by atoms with van der Waals surface area (Å²) in [6.07, 6.45) is 0.218. The highest BCUT2D eigenvalue weighted by molar-refractivity contribution is 4.46. The first-order valence-corrected chi connectivity index (χ1v) is 3.97. The predicted octanol–water partition coefficient (Wildman–Crippen LogP) is 0.472. The number of ether oxygens (including phenoxy) is 1. The molecule has 0 N–H and O–H groups in total. The number of rotatable bonds is 5. The van der Waals surface area contributed by atoms with Gasteiger partial charge in [0.25, 0.3) is 0 Å². The Bertz CT molecular complexity index is 94.1. The van der Waals surface area contributed by atoms with Gasteiger partial charge in [-0.3, -0.25) is 4.90 Å². The van der Waals surface area contributed by atoms with Gasteiger partial charge in [0.15, 0.2) is 0 Å². The monoisotopic (exact) mass is 160 g/mol. The summed E-state index contributed by atoms with van der Waals surface area (Å²) in [4.78, 5) is 4.16. The van der Waals surface area contributed by atoms with E-state index in [-0.39, 0.29) is 6.23 Å². The van der Waals surface area contributed by atoms with Gasteiger partial charge in [0, 0.05) is 6.54 Å². The third kappa shape index (κ3) is 6.28. The van der Waals surface area contributed by atoms with Crippen LogP contribution in [0.4, 0.5) is 0 Å². The van der Waals surface area contributed by atoms with E-state index in [2.05, 4.69) is 16.7 Å². The third-order valence-corrected chi connectivity index (χ3v) is 1.62. The van der Waals surface area contributed by atoms with Crippen molar-refractivity contribution in [1.82, 2.24) is 9.80 Å². The minimum Gasteiger partial charge on any atom is -0.362 e. The second-order valence-corrected chi connectivity index (χ2v) is 3.24. The maximum Gasteiger partial charge on any atom is 0.107 e. The highest BCUT2D eigenvalue weighted by Gasteiger charge is 2.02. The largest absolute Gasteiger partial charge is 0.362 e. The van der Waals surface area contributed by atoms with Gasteiger partial charge in [-0.25, -0.2) is 0 Å². The Morgan fingerprint density at radius 1 is 1.18 bits per heavy atom.